The van der Waals surface area contributed by atoms with Crippen LogP contribution in [0.3, 0.4) is 0 Å². The number of nitrogens with two attached hydrogens (primary N) is 1. The molecule has 3 N–H and O–H groups in total. The molecule has 0 radical (unpaired) electrons. The predicted molar refractivity (Wildman–Crippen MR) is 58.5 cm³/mol. The number of primary amides is 1. The molecule has 0 aliphatic carbocycles. The number of ether oxygens (including phenoxy) is 1. The number of aromatic carboxylic acids is 1. The molecule has 0 aliphatic rings. The Hall–Kier alpha value is -2.90. The molecule has 2 rings (SSSR count). The maximum Gasteiger partial charge on any atom is 0.399 e. The molecule has 1 amide bonds. The number of aromatic nitrogens is 1. The Morgan fingerprint density at radius 1 is 1.42 bits per heavy atom. The van der Waals surface area contributed by atoms with Crippen LogP contribution in [-0.2, 0) is 0 Å². The molecule has 19 heavy (non-hydrogen) atoms. The van der Waals surface area contributed by atoms with Gasteiger partial charge in [0.2, 0.25) is 0 Å². The second-order valence-corrected chi connectivity index (χ2v) is 3.38. The molecular formula is C11H7FN2O5. The van der Waals surface area contributed by atoms with Gasteiger partial charge in [-0.2, -0.15) is 4.98 Å². The van der Waals surface area contributed by atoms with Crippen LogP contribution < -0.4 is 10.5 Å². The Kier molecular flexibility index (Phi) is 3.15. The molecule has 1 aromatic carbocycles. The minimum Gasteiger partial charge on any atom is -0.476 e. The van der Waals surface area contributed by atoms with E-state index in [1.54, 1.807) is 0 Å². The third-order valence-corrected chi connectivity index (χ3v) is 2.12. The summed E-state index contributed by atoms with van der Waals surface area (Å²) in [5.41, 5.74) is 4.16. The lowest BCUT2D eigenvalue weighted by Gasteiger charge is -2.05. The number of oxazole rings is 1. The lowest BCUT2D eigenvalue weighted by Crippen LogP contribution is -2.14. The summed E-state index contributed by atoms with van der Waals surface area (Å²) in [7, 11) is 0. The van der Waals surface area contributed by atoms with E-state index >= 15 is 0 Å². The molecule has 1 aromatic heterocycles. The summed E-state index contributed by atoms with van der Waals surface area (Å²) in [5.74, 6) is -3.42. The summed E-state index contributed by atoms with van der Waals surface area (Å²) >= 11 is 0. The van der Waals surface area contributed by atoms with Crippen LogP contribution in [0, 0.1) is 5.82 Å². The van der Waals surface area contributed by atoms with E-state index in [0.29, 0.717) is 0 Å². The third-order valence-electron chi connectivity index (χ3n) is 2.12. The SMILES string of the molecule is NC(=O)c1c(F)cccc1Oc1nc(C(=O)O)co1. The summed E-state index contributed by atoms with van der Waals surface area (Å²) < 4.78 is 23.1. The van der Waals surface area contributed by atoms with E-state index in [2.05, 4.69) is 4.98 Å². The summed E-state index contributed by atoms with van der Waals surface area (Å²) in [6.45, 7) is 0. The average Bonchev–Trinajstić information content (AvgIpc) is 2.77. The quantitative estimate of drug-likeness (QED) is 0.864. The highest BCUT2D eigenvalue weighted by molar-refractivity contribution is 5.96. The van der Waals surface area contributed by atoms with Gasteiger partial charge in [-0.3, -0.25) is 4.79 Å². The lowest BCUT2D eigenvalue weighted by atomic mass is 10.2. The van der Waals surface area contributed by atoms with Gasteiger partial charge in [0.15, 0.2) is 5.69 Å². The largest absolute Gasteiger partial charge is 0.476 e. The van der Waals surface area contributed by atoms with Crippen molar-refractivity contribution >= 4 is 11.9 Å². The van der Waals surface area contributed by atoms with Crippen LogP contribution in [0.1, 0.15) is 20.8 Å². The van der Waals surface area contributed by atoms with Crippen molar-refractivity contribution in [1.29, 1.82) is 0 Å². The molecule has 0 aliphatic heterocycles. The van der Waals surface area contributed by atoms with Crippen molar-refractivity contribution in [3.05, 3.63) is 41.5 Å². The van der Waals surface area contributed by atoms with Crippen molar-refractivity contribution in [3.63, 3.8) is 0 Å². The number of hydrogen-bond donors (Lipinski definition) is 2. The van der Waals surface area contributed by atoms with E-state index in [9.17, 15) is 14.0 Å². The number of carboxylic acid groups (broad SMARTS) is 1. The van der Waals surface area contributed by atoms with Crippen molar-refractivity contribution < 1.29 is 28.2 Å². The summed E-state index contributed by atoms with van der Waals surface area (Å²) in [5, 5.41) is 8.64. The van der Waals surface area contributed by atoms with Crippen LogP contribution in [0.4, 0.5) is 4.39 Å². The zero-order valence-electron chi connectivity index (χ0n) is 9.29. The Labute approximate surface area is 105 Å². The van der Waals surface area contributed by atoms with Gasteiger partial charge in [-0.05, 0) is 12.1 Å². The highest BCUT2D eigenvalue weighted by Crippen LogP contribution is 2.26. The van der Waals surface area contributed by atoms with Crippen LogP contribution in [0.5, 0.6) is 11.8 Å². The molecule has 0 bridgehead atoms. The topological polar surface area (TPSA) is 116 Å². The fourth-order valence-electron chi connectivity index (χ4n) is 1.32. The van der Waals surface area contributed by atoms with Gasteiger partial charge in [0.05, 0.1) is 0 Å². The Morgan fingerprint density at radius 3 is 2.74 bits per heavy atom. The van der Waals surface area contributed by atoms with Gasteiger partial charge in [-0.1, -0.05) is 6.07 Å². The van der Waals surface area contributed by atoms with Crippen molar-refractivity contribution in [2.45, 2.75) is 0 Å². The molecule has 0 unspecified atom stereocenters. The second kappa shape index (κ2) is 4.77. The normalized spacial score (nSPS) is 10.2. The van der Waals surface area contributed by atoms with Gasteiger partial charge >= 0.3 is 12.0 Å². The lowest BCUT2D eigenvalue weighted by molar-refractivity contribution is 0.0690. The van der Waals surface area contributed by atoms with Crippen molar-refractivity contribution in [1.82, 2.24) is 4.98 Å². The molecule has 0 spiro atoms. The maximum atomic E-state index is 13.4. The van der Waals surface area contributed by atoms with Gasteiger partial charge in [0, 0.05) is 0 Å². The van der Waals surface area contributed by atoms with E-state index in [-0.39, 0.29) is 11.4 Å². The van der Waals surface area contributed by atoms with Gasteiger partial charge in [-0.25, -0.2) is 9.18 Å². The Bertz CT molecular complexity index is 652. The average molecular weight is 266 g/mol. The zero-order valence-corrected chi connectivity index (χ0v) is 9.29. The number of hydrogen-bond acceptors (Lipinski definition) is 5. The van der Waals surface area contributed by atoms with Crippen LogP contribution in [-0.4, -0.2) is 22.0 Å². The molecule has 8 heteroatoms. The number of carbonyl (C=O) groups excluding carboxylic acids is 1. The number of nitrogens with zero attached hydrogens (tertiary/aromatic N) is 1. The molecule has 98 valence electrons. The smallest absolute Gasteiger partial charge is 0.399 e. The van der Waals surface area contributed by atoms with Crippen LogP contribution in [0.15, 0.2) is 28.9 Å². The number of carboxylic acids is 1. The molecule has 0 atom stereocenters. The van der Waals surface area contributed by atoms with E-state index in [1.807, 2.05) is 0 Å². The second-order valence-electron chi connectivity index (χ2n) is 3.38. The monoisotopic (exact) mass is 266 g/mol. The molecule has 0 saturated heterocycles. The number of carbonyl (C=O) groups is 2. The first-order valence-corrected chi connectivity index (χ1v) is 4.94. The Morgan fingerprint density at radius 2 is 2.16 bits per heavy atom. The number of benzene rings is 1. The first-order chi connectivity index (χ1) is 8.99. The number of halogens is 1. The van der Waals surface area contributed by atoms with Crippen LogP contribution in [0.2, 0.25) is 0 Å². The standard InChI is InChI=1S/C11H7FN2O5/c12-5-2-1-3-7(8(5)9(13)15)19-11-14-6(4-18-11)10(16)17/h1-4H,(H2,13,15)(H,16,17). The number of rotatable bonds is 4. The summed E-state index contributed by atoms with van der Waals surface area (Å²) in [6.07, 6.45) is 0.409. The third kappa shape index (κ3) is 2.51. The van der Waals surface area contributed by atoms with Gasteiger partial charge in [-0.15, -0.1) is 0 Å². The van der Waals surface area contributed by atoms with E-state index in [0.717, 1.165) is 12.3 Å². The van der Waals surface area contributed by atoms with Crippen molar-refractivity contribution in [3.8, 4) is 11.8 Å². The van der Waals surface area contributed by atoms with Gasteiger partial charge < -0.3 is 20.0 Å². The fraction of sp³-hybridized carbons (Fsp3) is 0. The van der Waals surface area contributed by atoms with E-state index in [1.165, 1.54) is 12.1 Å². The highest BCUT2D eigenvalue weighted by atomic mass is 19.1. The first-order valence-electron chi connectivity index (χ1n) is 4.94. The van der Waals surface area contributed by atoms with E-state index in [4.69, 9.17) is 20.0 Å². The zero-order chi connectivity index (χ0) is 14.0. The van der Waals surface area contributed by atoms with Gasteiger partial charge in [0.1, 0.15) is 23.4 Å². The summed E-state index contributed by atoms with van der Waals surface area (Å²) in [6, 6.07) is 3.59. The first kappa shape index (κ1) is 12.6. The van der Waals surface area contributed by atoms with Crippen molar-refractivity contribution in [2.75, 3.05) is 0 Å². The van der Waals surface area contributed by atoms with Crippen LogP contribution >= 0.6 is 0 Å². The molecule has 0 saturated carbocycles. The molecule has 1 heterocycles. The van der Waals surface area contributed by atoms with Crippen molar-refractivity contribution in [2.24, 2.45) is 5.73 Å². The van der Waals surface area contributed by atoms with Crippen LogP contribution in [0.25, 0.3) is 0 Å². The minimum atomic E-state index is -1.31. The fourth-order valence-corrected chi connectivity index (χ4v) is 1.32. The molecule has 7 nitrogen and oxygen atoms in total. The maximum absolute atomic E-state index is 13.4. The predicted octanol–water partition coefficient (Wildman–Crippen LogP) is 1.40. The molecule has 2 aromatic rings. The van der Waals surface area contributed by atoms with Gasteiger partial charge in [0.25, 0.3) is 5.91 Å². The molecular weight excluding hydrogens is 259 g/mol. The minimum absolute atomic E-state index is 0.216. The summed E-state index contributed by atoms with van der Waals surface area (Å²) in [4.78, 5) is 25.2. The molecule has 0 fully saturated rings. The number of amides is 1. The van der Waals surface area contributed by atoms with E-state index < -0.39 is 29.3 Å². The highest BCUT2D eigenvalue weighted by Gasteiger charge is 2.18. The Balaban J connectivity index is 2.35.